The van der Waals surface area contributed by atoms with Gasteiger partial charge in [-0.3, -0.25) is 9.59 Å². The Morgan fingerprint density at radius 3 is 2.92 bits per heavy atom. The summed E-state index contributed by atoms with van der Waals surface area (Å²) in [5.41, 5.74) is 1.88. The van der Waals surface area contributed by atoms with Gasteiger partial charge in [-0.15, -0.1) is 0 Å². The minimum atomic E-state index is -0.265. The molecule has 2 aromatic rings. The lowest BCUT2D eigenvalue weighted by atomic mass is 10.1. The molecule has 6 heteroatoms. The van der Waals surface area contributed by atoms with E-state index < -0.39 is 0 Å². The van der Waals surface area contributed by atoms with Crippen molar-refractivity contribution in [3.05, 3.63) is 35.8 Å². The number of carbonyl (C=O) groups is 2. The Balaban J connectivity index is 1.35. The van der Waals surface area contributed by atoms with Crippen molar-refractivity contribution in [3.63, 3.8) is 0 Å². The zero-order chi connectivity index (χ0) is 18.1. The second-order valence-electron chi connectivity index (χ2n) is 7.48. The van der Waals surface area contributed by atoms with Crippen LogP contribution in [0.15, 0.2) is 24.4 Å². The van der Waals surface area contributed by atoms with Crippen LogP contribution in [0.5, 0.6) is 0 Å². The summed E-state index contributed by atoms with van der Waals surface area (Å²) in [5.74, 6) is -0.465. The normalized spacial score (nSPS) is 21.0. The molecule has 5 nitrogen and oxygen atoms in total. The van der Waals surface area contributed by atoms with Gasteiger partial charge in [0.25, 0.3) is 0 Å². The monoisotopic (exact) mass is 357 g/mol. The van der Waals surface area contributed by atoms with Crippen LogP contribution in [0.3, 0.4) is 0 Å². The zero-order valence-electron chi connectivity index (χ0n) is 14.8. The maximum Gasteiger partial charge on any atom is 0.225 e. The number of nitrogens with zero attached hydrogens (tertiary/aromatic N) is 1. The first-order chi connectivity index (χ1) is 12.6. The van der Waals surface area contributed by atoms with Crippen LogP contribution in [-0.2, 0) is 16.0 Å². The minimum Gasteiger partial charge on any atom is -0.361 e. The van der Waals surface area contributed by atoms with E-state index in [0.29, 0.717) is 25.9 Å². The Bertz CT molecular complexity index is 826. The van der Waals surface area contributed by atoms with Crippen LogP contribution < -0.4 is 5.32 Å². The predicted molar refractivity (Wildman–Crippen MR) is 97.0 cm³/mol. The predicted octanol–water partition coefficient (Wildman–Crippen LogP) is 2.76. The van der Waals surface area contributed by atoms with Gasteiger partial charge >= 0.3 is 0 Å². The number of benzene rings is 1. The van der Waals surface area contributed by atoms with E-state index in [9.17, 15) is 14.0 Å². The van der Waals surface area contributed by atoms with E-state index in [1.807, 2.05) is 6.20 Å². The summed E-state index contributed by atoms with van der Waals surface area (Å²) in [6.07, 6.45) is 7.25. The first-order valence-corrected chi connectivity index (χ1v) is 9.44. The molecule has 1 aliphatic heterocycles. The van der Waals surface area contributed by atoms with E-state index in [-0.39, 0.29) is 29.6 Å². The highest BCUT2D eigenvalue weighted by Gasteiger charge is 2.35. The molecule has 1 saturated heterocycles. The van der Waals surface area contributed by atoms with Crippen LogP contribution in [-0.4, -0.2) is 40.8 Å². The maximum atomic E-state index is 13.5. The number of aromatic amines is 1. The molecule has 1 aliphatic carbocycles. The van der Waals surface area contributed by atoms with Crippen molar-refractivity contribution in [2.45, 2.75) is 44.6 Å². The van der Waals surface area contributed by atoms with Gasteiger partial charge in [-0.1, -0.05) is 12.8 Å². The lowest BCUT2D eigenvalue weighted by Crippen LogP contribution is -2.38. The van der Waals surface area contributed by atoms with Gasteiger partial charge in [0, 0.05) is 42.7 Å². The number of carbonyl (C=O) groups excluding carboxylic acids is 2. The standard InChI is InChI=1S/C20H24FN3O2/c21-15-5-6-18-17(10-15)13(11-22-18)7-8-24-12-14(9-19(24)25)20(26)23-16-3-1-2-4-16/h5-6,10-11,14,16,22H,1-4,7-9,12H2,(H,23,26)/t14-/m0/s1. The van der Waals surface area contributed by atoms with Crippen molar-refractivity contribution in [1.29, 1.82) is 0 Å². The molecule has 26 heavy (non-hydrogen) atoms. The van der Waals surface area contributed by atoms with E-state index in [0.717, 1.165) is 29.3 Å². The van der Waals surface area contributed by atoms with Crippen molar-refractivity contribution >= 4 is 22.7 Å². The number of rotatable bonds is 5. The Kier molecular flexibility index (Phi) is 4.66. The number of aromatic nitrogens is 1. The van der Waals surface area contributed by atoms with Gasteiger partial charge in [-0.05, 0) is 43.0 Å². The number of nitrogens with one attached hydrogen (secondary N) is 2. The third-order valence-electron chi connectivity index (χ3n) is 5.67. The smallest absolute Gasteiger partial charge is 0.225 e. The van der Waals surface area contributed by atoms with Gasteiger partial charge in [0.2, 0.25) is 11.8 Å². The fourth-order valence-electron chi connectivity index (χ4n) is 4.17. The number of amides is 2. The summed E-state index contributed by atoms with van der Waals surface area (Å²) >= 11 is 0. The van der Waals surface area contributed by atoms with Crippen molar-refractivity contribution in [2.24, 2.45) is 5.92 Å². The number of hydrogen-bond acceptors (Lipinski definition) is 2. The van der Waals surface area contributed by atoms with Crippen LogP contribution in [0.2, 0.25) is 0 Å². The molecular formula is C20H24FN3O2. The number of hydrogen-bond donors (Lipinski definition) is 2. The van der Waals surface area contributed by atoms with Crippen molar-refractivity contribution in [2.75, 3.05) is 13.1 Å². The molecular weight excluding hydrogens is 333 g/mol. The fourth-order valence-corrected chi connectivity index (χ4v) is 4.17. The SMILES string of the molecule is O=C(NC1CCCC1)[C@H]1CC(=O)N(CCc2c[nH]c3ccc(F)cc23)C1. The number of H-pyrrole nitrogens is 1. The largest absolute Gasteiger partial charge is 0.361 e. The van der Waals surface area contributed by atoms with E-state index in [4.69, 9.17) is 0 Å². The molecule has 0 unspecified atom stereocenters. The van der Waals surface area contributed by atoms with Crippen molar-refractivity contribution in [1.82, 2.24) is 15.2 Å². The quantitative estimate of drug-likeness (QED) is 0.864. The van der Waals surface area contributed by atoms with Gasteiger partial charge in [-0.25, -0.2) is 4.39 Å². The Labute approximate surface area is 151 Å². The number of likely N-dealkylation sites (tertiary alicyclic amines) is 1. The summed E-state index contributed by atoms with van der Waals surface area (Å²) in [4.78, 5) is 29.6. The van der Waals surface area contributed by atoms with Gasteiger partial charge in [0.05, 0.1) is 5.92 Å². The van der Waals surface area contributed by atoms with E-state index in [1.54, 1.807) is 11.0 Å². The highest BCUT2D eigenvalue weighted by atomic mass is 19.1. The third kappa shape index (κ3) is 3.45. The van der Waals surface area contributed by atoms with Gasteiger partial charge in [0.1, 0.15) is 5.82 Å². The van der Waals surface area contributed by atoms with Gasteiger partial charge in [0.15, 0.2) is 0 Å². The van der Waals surface area contributed by atoms with Crippen LogP contribution in [0.1, 0.15) is 37.7 Å². The van der Waals surface area contributed by atoms with Crippen molar-refractivity contribution in [3.8, 4) is 0 Å². The minimum absolute atomic E-state index is 0.0157. The molecule has 138 valence electrons. The van der Waals surface area contributed by atoms with Crippen LogP contribution in [0.25, 0.3) is 10.9 Å². The highest BCUT2D eigenvalue weighted by molar-refractivity contribution is 5.89. The third-order valence-corrected chi connectivity index (χ3v) is 5.67. The summed E-state index contributed by atoms with van der Waals surface area (Å²) in [7, 11) is 0. The second kappa shape index (κ2) is 7.09. The van der Waals surface area contributed by atoms with Crippen LogP contribution in [0.4, 0.5) is 4.39 Å². The van der Waals surface area contributed by atoms with E-state index in [1.165, 1.54) is 25.0 Å². The Morgan fingerprint density at radius 2 is 2.12 bits per heavy atom. The lowest BCUT2D eigenvalue weighted by molar-refractivity contribution is -0.129. The number of halogens is 1. The molecule has 2 heterocycles. The molecule has 4 rings (SSSR count). The van der Waals surface area contributed by atoms with Crippen LogP contribution >= 0.6 is 0 Å². The molecule has 0 radical (unpaired) electrons. The Morgan fingerprint density at radius 1 is 1.31 bits per heavy atom. The van der Waals surface area contributed by atoms with Crippen LogP contribution in [0, 0.1) is 11.7 Å². The second-order valence-corrected chi connectivity index (χ2v) is 7.48. The van der Waals surface area contributed by atoms with Crippen molar-refractivity contribution < 1.29 is 14.0 Å². The topological polar surface area (TPSA) is 65.2 Å². The zero-order valence-corrected chi connectivity index (χ0v) is 14.8. The molecule has 1 atom stereocenters. The first kappa shape index (κ1) is 17.1. The molecule has 2 aliphatic rings. The summed E-state index contributed by atoms with van der Waals surface area (Å²) in [6, 6.07) is 4.96. The molecule has 0 bridgehead atoms. The van der Waals surface area contributed by atoms with E-state index in [2.05, 4.69) is 10.3 Å². The number of fused-ring (bicyclic) bond motifs is 1. The summed E-state index contributed by atoms with van der Waals surface area (Å²) in [6.45, 7) is 1.03. The summed E-state index contributed by atoms with van der Waals surface area (Å²) < 4.78 is 13.5. The molecule has 2 N–H and O–H groups in total. The molecule has 2 fully saturated rings. The summed E-state index contributed by atoms with van der Waals surface area (Å²) in [5, 5.41) is 3.95. The molecule has 1 aromatic heterocycles. The molecule has 1 aromatic carbocycles. The Hall–Kier alpha value is -2.37. The molecule has 0 spiro atoms. The molecule has 2 amide bonds. The average molecular weight is 357 g/mol. The molecule has 1 saturated carbocycles. The van der Waals surface area contributed by atoms with Gasteiger partial charge in [-0.2, -0.15) is 0 Å². The maximum absolute atomic E-state index is 13.5. The first-order valence-electron chi connectivity index (χ1n) is 9.44. The lowest BCUT2D eigenvalue weighted by Gasteiger charge is -2.18. The highest BCUT2D eigenvalue weighted by Crippen LogP contribution is 2.24. The van der Waals surface area contributed by atoms with Gasteiger partial charge < -0.3 is 15.2 Å². The average Bonchev–Trinajstić information content (AvgIpc) is 3.33. The van der Waals surface area contributed by atoms with E-state index >= 15 is 0 Å². The fraction of sp³-hybridized carbons (Fsp3) is 0.500.